The minimum atomic E-state index is -0.990. The summed E-state index contributed by atoms with van der Waals surface area (Å²) in [5, 5.41) is 0. The van der Waals surface area contributed by atoms with Gasteiger partial charge in [0.25, 0.3) is 0 Å². The molecular weight excluding hydrogens is 386 g/mol. The van der Waals surface area contributed by atoms with E-state index in [4.69, 9.17) is 14.2 Å². The zero-order valence-corrected chi connectivity index (χ0v) is 18.4. The van der Waals surface area contributed by atoms with Crippen LogP contribution in [0.5, 0.6) is 11.5 Å². The van der Waals surface area contributed by atoms with Crippen LogP contribution in [0.25, 0.3) is 0 Å². The molecule has 0 aromatic heterocycles. The molecule has 2 unspecified atom stereocenters. The van der Waals surface area contributed by atoms with E-state index < -0.39 is 11.6 Å². The summed E-state index contributed by atoms with van der Waals surface area (Å²) >= 11 is 0. The van der Waals surface area contributed by atoms with Crippen LogP contribution in [-0.4, -0.2) is 25.9 Å². The van der Waals surface area contributed by atoms with Gasteiger partial charge in [-0.25, -0.2) is 0 Å². The van der Waals surface area contributed by atoms with Crippen LogP contribution >= 0.6 is 0 Å². The van der Waals surface area contributed by atoms with Crippen LogP contribution in [-0.2, 0) is 4.74 Å². The van der Waals surface area contributed by atoms with Gasteiger partial charge in [0, 0.05) is 0 Å². The summed E-state index contributed by atoms with van der Waals surface area (Å²) in [4.78, 5) is 0. The molecule has 1 aliphatic heterocycles. The topological polar surface area (TPSA) is 27.7 Å². The summed E-state index contributed by atoms with van der Waals surface area (Å²) < 4.78 is 45.3. The molecule has 0 spiro atoms. The summed E-state index contributed by atoms with van der Waals surface area (Å²) in [7, 11) is 0. The summed E-state index contributed by atoms with van der Waals surface area (Å²) in [6.07, 6.45) is 13.3. The van der Waals surface area contributed by atoms with Crippen molar-refractivity contribution in [1.82, 2.24) is 0 Å². The third kappa shape index (κ3) is 6.19. The van der Waals surface area contributed by atoms with E-state index in [9.17, 15) is 8.78 Å². The number of unbranched alkanes of at least 4 members (excludes halogenated alkanes) is 1. The average Bonchev–Trinajstić information content (AvgIpc) is 2.77. The van der Waals surface area contributed by atoms with Crippen LogP contribution in [0, 0.1) is 29.4 Å². The van der Waals surface area contributed by atoms with Gasteiger partial charge < -0.3 is 14.2 Å². The van der Waals surface area contributed by atoms with E-state index in [1.165, 1.54) is 37.8 Å². The van der Waals surface area contributed by atoms with Gasteiger partial charge >= 0.3 is 0 Å². The van der Waals surface area contributed by atoms with Gasteiger partial charge in [-0.3, -0.25) is 0 Å². The van der Waals surface area contributed by atoms with Gasteiger partial charge in [-0.2, -0.15) is 8.78 Å². The van der Waals surface area contributed by atoms with E-state index in [0.717, 1.165) is 44.1 Å². The molecule has 5 heteroatoms. The fourth-order valence-electron chi connectivity index (χ4n) is 4.66. The number of hydrogen-bond acceptors (Lipinski definition) is 3. The van der Waals surface area contributed by atoms with E-state index >= 15 is 0 Å². The van der Waals surface area contributed by atoms with Crippen molar-refractivity contribution >= 4 is 0 Å². The average molecular weight is 423 g/mol. The molecule has 0 bridgehead atoms. The lowest BCUT2D eigenvalue weighted by atomic mass is 9.74. The maximum Gasteiger partial charge on any atom is 0.204 e. The Morgan fingerprint density at radius 2 is 1.63 bits per heavy atom. The molecule has 1 saturated heterocycles. The zero-order valence-electron chi connectivity index (χ0n) is 18.4. The fraction of sp³-hybridized carbons (Fsp3) is 0.680. The van der Waals surface area contributed by atoms with E-state index in [2.05, 4.69) is 19.1 Å². The van der Waals surface area contributed by atoms with Crippen molar-refractivity contribution in [3.05, 3.63) is 35.9 Å². The van der Waals surface area contributed by atoms with Gasteiger partial charge in [-0.05, 0) is 81.8 Å². The molecule has 30 heavy (non-hydrogen) atoms. The SMILES string of the molecule is C/C=C/C1CCC(C2CCC(COc3ccc(OCCCC)c(F)c3F)OC2)CC1. The highest BCUT2D eigenvalue weighted by atomic mass is 19.2. The predicted octanol–water partition coefficient (Wildman–Crippen LogP) is 6.70. The summed E-state index contributed by atoms with van der Waals surface area (Å²) in [6.45, 7) is 5.48. The molecule has 1 aliphatic carbocycles. The molecule has 0 N–H and O–H groups in total. The minimum absolute atomic E-state index is 0.0609. The number of benzene rings is 1. The molecule has 1 heterocycles. The van der Waals surface area contributed by atoms with Crippen molar-refractivity contribution in [3.8, 4) is 11.5 Å². The van der Waals surface area contributed by atoms with Crippen molar-refractivity contribution in [2.75, 3.05) is 19.8 Å². The van der Waals surface area contributed by atoms with Crippen LogP contribution in [0.4, 0.5) is 8.78 Å². The highest BCUT2D eigenvalue weighted by Crippen LogP contribution is 2.38. The Kier molecular flexibility index (Phi) is 8.98. The molecule has 2 fully saturated rings. The highest BCUT2D eigenvalue weighted by Gasteiger charge is 2.31. The number of allylic oxidation sites excluding steroid dienone is 2. The second kappa shape index (κ2) is 11.7. The molecule has 0 radical (unpaired) electrons. The van der Waals surface area contributed by atoms with Gasteiger partial charge in [-0.1, -0.05) is 25.5 Å². The molecule has 168 valence electrons. The molecule has 0 amide bonds. The maximum atomic E-state index is 14.3. The van der Waals surface area contributed by atoms with Crippen molar-refractivity contribution in [2.24, 2.45) is 17.8 Å². The largest absolute Gasteiger partial charge is 0.490 e. The second-order valence-electron chi connectivity index (χ2n) is 8.70. The lowest BCUT2D eigenvalue weighted by Crippen LogP contribution is -2.35. The Morgan fingerprint density at radius 3 is 2.23 bits per heavy atom. The molecule has 1 saturated carbocycles. The van der Waals surface area contributed by atoms with Gasteiger partial charge in [0.05, 0.1) is 19.3 Å². The molecule has 3 rings (SSSR count). The van der Waals surface area contributed by atoms with Crippen LogP contribution in [0.2, 0.25) is 0 Å². The monoisotopic (exact) mass is 422 g/mol. The van der Waals surface area contributed by atoms with Gasteiger partial charge in [0.1, 0.15) is 6.61 Å². The van der Waals surface area contributed by atoms with Crippen LogP contribution in [0.1, 0.15) is 65.2 Å². The highest BCUT2D eigenvalue weighted by molar-refractivity contribution is 5.35. The smallest absolute Gasteiger partial charge is 0.204 e. The quantitative estimate of drug-likeness (QED) is 0.327. The number of rotatable bonds is 9. The first-order chi connectivity index (χ1) is 14.6. The third-order valence-corrected chi connectivity index (χ3v) is 6.54. The van der Waals surface area contributed by atoms with Gasteiger partial charge in [0.15, 0.2) is 11.5 Å². The van der Waals surface area contributed by atoms with E-state index in [0.29, 0.717) is 12.5 Å². The van der Waals surface area contributed by atoms with Gasteiger partial charge in [0.2, 0.25) is 11.6 Å². The van der Waals surface area contributed by atoms with E-state index in [1.807, 2.05) is 6.92 Å². The molecule has 1 aromatic carbocycles. The first kappa shape index (κ1) is 23.1. The maximum absolute atomic E-state index is 14.3. The number of ether oxygens (including phenoxy) is 3. The fourth-order valence-corrected chi connectivity index (χ4v) is 4.66. The second-order valence-corrected chi connectivity index (χ2v) is 8.70. The zero-order chi connectivity index (χ0) is 21.3. The van der Waals surface area contributed by atoms with Crippen LogP contribution in [0.3, 0.4) is 0 Å². The first-order valence-electron chi connectivity index (χ1n) is 11.6. The normalized spacial score (nSPS) is 27.3. The molecule has 3 nitrogen and oxygen atoms in total. The predicted molar refractivity (Wildman–Crippen MR) is 115 cm³/mol. The first-order valence-corrected chi connectivity index (χ1v) is 11.6. The molecule has 2 aliphatic rings. The summed E-state index contributed by atoms with van der Waals surface area (Å²) in [6, 6.07) is 2.87. The van der Waals surface area contributed by atoms with Crippen molar-refractivity contribution in [2.45, 2.75) is 71.3 Å². The lowest BCUT2D eigenvalue weighted by molar-refractivity contribution is -0.0558. The van der Waals surface area contributed by atoms with Crippen molar-refractivity contribution in [3.63, 3.8) is 0 Å². The van der Waals surface area contributed by atoms with E-state index in [-0.39, 0.29) is 24.2 Å². The molecule has 2 atom stereocenters. The Hall–Kier alpha value is -1.62. The third-order valence-electron chi connectivity index (χ3n) is 6.54. The minimum Gasteiger partial charge on any atom is -0.490 e. The summed E-state index contributed by atoms with van der Waals surface area (Å²) in [5.41, 5.74) is 0. The Labute approximate surface area is 179 Å². The molecule has 1 aromatic rings. The van der Waals surface area contributed by atoms with Crippen LogP contribution < -0.4 is 9.47 Å². The van der Waals surface area contributed by atoms with E-state index in [1.54, 1.807) is 0 Å². The lowest BCUT2D eigenvalue weighted by Gasteiger charge is -2.37. The van der Waals surface area contributed by atoms with Crippen molar-refractivity contribution < 1.29 is 23.0 Å². The Bertz CT molecular complexity index is 675. The van der Waals surface area contributed by atoms with Crippen LogP contribution in [0.15, 0.2) is 24.3 Å². The number of hydrogen-bond donors (Lipinski definition) is 0. The standard InChI is InChI=1S/C25H36F2O3/c1-3-5-15-28-22-13-14-23(25(27)24(22)26)30-17-21-12-11-20(16-29-21)19-9-7-18(6-4-2)8-10-19/h4,6,13-14,18-21H,3,5,7-12,15-17H2,1-2H3/b6-4+. The molecular formula is C25H36F2O3. The number of halogens is 2. The summed E-state index contributed by atoms with van der Waals surface area (Å²) in [5.74, 6) is -0.00719. The van der Waals surface area contributed by atoms with Gasteiger partial charge in [-0.15, -0.1) is 0 Å². The van der Waals surface area contributed by atoms with Crippen molar-refractivity contribution in [1.29, 1.82) is 0 Å². The Morgan fingerprint density at radius 1 is 0.967 bits per heavy atom. The Balaban J connectivity index is 1.42.